The number of azo groups is 2. The van der Waals surface area contributed by atoms with Crippen molar-refractivity contribution in [1.29, 1.82) is 0 Å². The van der Waals surface area contributed by atoms with E-state index >= 15 is 0 Å². The van der Waals surface area contributed by atoms with Crippen LogP contribution in [0, 0.1) is 6.92 Å². The number of aromatic hydroxyl groups is 1. The van der Waals surface area contributed by atoms with Gasteiger partial charge in [-0.3, -0.25) is 4.55 Å². The zero-order chi connectivity index (χ0) is 33.9. The fourth-order valence-corrected chi connectivity index (χ4v) is 4.33. The van der Waals surface area contributed by atoms with E-state index in [0.29, 0.717) is 17.1 Å². The van der Waals surface area contributed by atoms with E-state index < -0.39 is 36.2 Å². The van der Waals surface area contributed by atoms with Gasteiger partial charge < -0.3 is 20.9 Å². The van der Waals surface area contributed by atoms with Crippen LogP contribution < -0.4 is 15.8 Å². The monoisotopic (exact) mass is 680 g/mol. The van der Waals surface area contributed by atoms with E-state index in [4.69, 9.17) is 35.7 Å². The fraction of sp³-hybridized carbons (Fsp3) is 0.120. The SMILES string of the molecule is CNc1cccc(N=Nc2c(S(=O)(=O)O)cc3ccc(N=Nc4cc(C)ccc4OC)c(O)c3c2N)c1.O=S(=O)=O.O=S(=O)=O. The molecule has 0 aliphatic carbocycles. The number of phenolic OH excluding ortho intramolecular Hbond substituents is 1. The third kappa shape index (κ3) is 10.4. The third-order valence-electron chi connectivity index (χ3n) is 5.51. The molecule has 0 amide bonds. The Hall–Kier alpha value is -5.31. The van der Waals surface area contributed by atoms with Gasteiger partial charge in [0.1, 0.15) is 27.7 Å². The van der Waals surface area contributed by atoms with Crippen LogP contribution in [0.1, 0.15) is 5.56 Å². The first-order valence-electron chi connectivity index (χ1n) is 11.9. The minimum absolute atomic E-state index is 0.0759. The lowest BCUT2D eigenvalue weighted by Gasteiger charge is -2.12. The van der Waals surface area contributed by atoms with E-state index in [0.717, 1.165) is 17.3 Å². The molecule has 238 valence electrons. The summed E-state index contributed by atoms with van der Waals surface area (Å²) >= 11 is 0. The molecule has 0 bridgehead atoms. The lowest BCUT2D eigenvalue weighted by molar-refractivity contribution is 0.415. The van der Waals surface area contributed by atoms with E-state index in [1.165, 1.54) is 19.2 Å². The molecule has 4 aromatic rings. The van der Waals surface area contributed by atoms with Crippen LogP contribution in [0.4, 0.5) is 34.1 Å². The quantitative estimate of drug-likeness (QED) is 0.119. The summed E-state index contributed by atoms with van der Waals surface area (Å²) in [5.41, 5.74) is 8.39. The van der Waals surface area contributed by atoms with Crippen molar-refractivity contribution in [2.24, 2.45) is 20.5 Å². The first-order chi connectivity index (χ1) is 21.1. The van der Waals surface area contributed by atoms with Crippen LogP contribution >= 0.6 is 0 Å². The average molecular weight is 681 g/mol. The van der Waals surface area contributed by atoms with Gasteiger partial charge in [-0.1, -0.05) is 18.2 Å². The van der Waals surface area contributed by atoms with Gasteiger partial charge in [-0.05, 0) is 60.3 Å². The van der Waals surface area contributed by atoms with Crippen LogP contribution in [0.15, 0.2) is 86.0 Å². The molecule has 0 atom stereocenters. The normalized spacial score (nSPS) is 10.9. The number of benzene rings is 4. The highest BCUT2D eigenvalue weighted by atomic mass is 32.2. The highest BCUT2D eigenvalue weighted by molar-refractivity contribution is 7.86. The average Bonchev–Trinajstić information content (AvgIpc) is 2.95. The molecule has 0 unspecified atom stereocenters. The van der Waals surface area contributed by atoms with Gasteiger partial charge in [0, 0.05) is 12.7 Å². The molecule has 0 spiro atoms. The van der Waals surface area contributed by atoms with Crippen LogP contribution in [0.5, 0.6) is 11.5 Å². The van der Waals surface area contributed by atoms with Gasteiger partial charge in [-0.15, -0.1) is 40.6 Å². The Labute approximate surface area is 259 Å². The number of phenols is 1. The molecule has 0 saturated carbocycles. The second kappa shape index (κ2) is 16.0. The number of ether oxygens (including phenoxy) is 1. The second-order valence-corrected chi connectivity index (χ2v) is 10.6. The molecule has 0 aliphatic heterocycles. The number of aryl methyl sites for hydroxylation is 1. The first kappa shape index (κ1) is 35.9. The van der Waals surface area contributed by atoms with Gasteiger partial charge >= 0.3 is 21.2 Å². The largest absolute Gasteiger partial charge is 0.505 e. The number of methoxy groups -OCH3 is 1. The van der Waals surface area contributed by atoms with E-state index in [-0.39, 0.29) is 33.6 Å². The molecule has 0 fully saturated rings. The predicted molar refractivity (Wildman–Crippen MR) is 161 cm³/mol. The van der Waals surface area contributed by atoms with Crippen molar-refractivity contribution in [1.82, 2.24) is 0 Å². The summed E-state index contributed by atoms with van der Waals surface area (Å²) in [6.07, 6.45) is 0. The van der Waals surface area contributed by atoms with E-state index in [2.05, 4.69) is 25.8 Å². The highest BCUT2D eigenvalue weighted by Gasteiger charge is 2.23. The maximum Gasteiger partial charge on any atom is 0.425 e. The Morgan fingerprint density at radius 3 is 2.04 bits per heavy atom. The number of rotatable bonds is 7. The first-order valence-corrected chi connectivity index (χ1v) is 15.4. The Balaban J connectivity index is 0.000000789. The number of fused-ring (bicyclic) bond motifs is 1. The van der Waals surface area contributed by atoms with Gasteiger partial charge in [0.25, 0.3) is 10.1 Å². The van der Waals surface area contributed by atoms with E-state index in [1.54, 1.807) is 37.4 Å². The summed E-state index contributed by atoms with van der Waals surface area (Å²) in [7, 11) is -7.70. The van der Waals surface area contributed by atoms with Crippen molar-refractivity contribution >= 4 is 76.2 Å². The summed E-state index contributed by atoms with van der Waals surface area (Å²) in [5, 5.41) is 30.7. The molecule has 0 aromatic heterocycles. The van der Waals surface area contributed by atoms with Crippen LogP contribution in [-0.4, -0.2) is 57.5 Å². The predicted octanol–water partition coefficient (Wildman–Crippen LogP) is 4.56. The second-order valence-electron chi connectivity index (χ2n) is 8.43. The molecular weight excluding hydrogens is 657 g/mol. The van der Waals surface area contributed by atoms with Crippen molar-refractivity contribution in [2.45, 2.75) is 11.8 Å². The number of nitrogens with one attached hydrogen (secondary N) is 1. The van der Waals surface area contributed by atoms with Gasteiger partial charge in [0.15, 0.2) is 5.75 Å². The lowest BCUT2D eigenvalue weighted by Crippen LogP contribution is -2.01. The van der Waals surface area contributed by atoms with E-state index in [1.807, 2.05) is 19.1 Å². The zero-order valence-corrected chi connectivity index (χ0v) is 25.9. The lowest BCUT2D eigenvalue weighted by atomic mass is 10.1. The van der Waals surface area contributed by atoms with Crippen LogP contribution in [0.3, 0.4) is 0 Å². The molecule has 4 aromatic carbocycles. The number of nitrogen functional groups attached to an aromatic ring is 1. The summed E-state index contributed by atoms with van der Waals surface area (Å²) in [6, 6.07) is 16.4. The summed E-state index contributed by atoms with van der Waals surface area (Å²) in [5.74, 6) is 0.151. The topological polar surface area (TPSA) is 274 Å². The smallest absolute Gasteiger partial charge is 0.425 e. The number of nitrogens with two attached hydrogens (primary N) is 1. The molecule has 0 radical (unpaired) electrons. The van der Waals surface area contributed by atoms with Crippen molar-refractivity contribution < 1.29 is 48.1 Å². The molecule has 45 heavy (non-hydrogen) atoms. The fourth-order valence-electron chi connectivity index (χ4n) is 3.66. The minimum Gasteiger partial charge on any atom is -0.505 e. The number of hydrogen-bond donors (Lipinski definition) is 4. The third-order valence-corrected chi connectivity index (χ3v) is 6.38. The standard InChI is InChI=1S/C25H24N6O5S.2O3S/c1-14-7-10-20(36-3)19(11-14)30-29-18-9-8-15-12-21(37(33,34)35)24(23(26)22(15)25(18)32)31-28-17-6-4-5-16(13-17)27-2;2*1-4(2)3/h4-13,27,32H,26H2,1-3H3,(H,33,34,35);;. The molecule has 4 rings (SSSR count). The summed E-state index contributed by atoms with van der Waals surface area (Å²) in [4.78, 5) is -0.552. The Kier molecular flexibility index (Phi) is 12.7. The van der Waals surface area contributed by atoms with Crippen molar-refractivity contribution in [3.63, 3.8) is 0 Å². The van der Waals surface area contributed by atoms with E-state index in [9.17, 15) is 18.1 Å². The van der Waals surface area contributed by atoms with Gasteiger partial charge in [-0.2, -0.15) is 13.5 Å². The van der Waals surface area contributed by atoms with Crippen molar-refractivity contribution in [3.8, 4) is 11.5 Å². The summed E-state index contributed by atoms with van der Waals surface area (Å²) < 4.78 is 90.1. The molecule has 17 nitrogen and oxygen atoms in total. The highest BCUT2D eigenvalue weighted by Crippen LogP contribution is 2.45. The molecule has 0 heterocycles. The Morgan fingerprint density at radius 1 is 0.844 bits per heavy atom. The maximum atomic E-state index is 12.1. The van der Waals surface area contributed by atoms with Gasteiger partial charge in [-0.25, -0.2) is 0 Å². The van der Waals surface area contributed by atoms with Crippen LogP contribution in [0.2, 0.25) is 0 Å². The molecule has 0 saturated heterocycles. The van der Waals surface area contributed by atoms with Gasteiger partial charge in [0.2, 0.25) is 0 Å². The maximum absolute atomic E-state index is 12.1. The zero-order valence-electron chi connectivity index (χ0n) is 23.4. The molecule has 20 heteroatoms. The number of hydrogen-bond acceptors (Lipinski definition) is 16. The summed E-state index contributed by atoms with van der Waals surface area (Å²) in [6.45, 7) is 1.89. The van der Waals surface area contributed by atoms with Crippen LogP contribution in [-0.2, 0) is 31.3 Å². The molecule has 0 aliphatic rings. The number of nitrogens with zero attached hydrogens (tertiary/aromatic N) is 4. The number of anilines is 2. The minimum atomic E-state index is -4.73. The van der Waals surface area contributed by atoms with Crippen molar-refractivity contribution in [2.75, 3.05) is 25.2 Å². The molecular formula is C25H24N6O11S3. The van der Waals surface area contributed by atoms with Crippen LogP contribution in [0.25, 0.3) is 10.8 Å². The van der Waals surface area contributed by atoms with Gasteiger partial charge in [0.05, 0.1) is 23.9 Å². The van der Waals surface area contributed by atoms with Crippen molar-refractivity contribution in [3.05, 3.63) is 66.2 Å². The Morgan fingerprint density at radius 2 is 1.47 bits per heavy atom. The molecule has 5 N–H and O–H groups in total. The Bertz CT molecular complexity index is 2080.